The van der Waals surface area contributed by atoms with E-state index < -0.39 is 0 Å². The highest BCUT2D eigenvalue weighted by atomic mass is 127. The Hall–Kier alpha value is -0.960. The Morgan fingerprint density at radius 2 is 1.81 bits per heavy atom. The number of nitrogens with zero attached hydrogens (tertiary/aromatic N) is 3. The van der Waals surface area contributed by atoms with Gasteiger partial charge in [0.1, 0.15) is 5.15 Å². The second-order valence-corrected chi connectivity index (χ2v) is 7.03. The van der Waals surface area contributed by atoms with Crippen LogP contribution in [0, 0.1) is 0 Å². The van der Waals surface area contributed by atoms with Crippen LogP contribution in [0.25, 0.3) is 0 Å². The molecular weight excluding hydrogens is 496 g/mol. The van der Waals surface area contributed by atoms with E-state index in [9.17, 15) is 0 Å². The predicted molar refractivity (Wildman–Crippen MR) is 126 cm³/mol. The lowest BCUT2D eigenvalue weighted by molar-refractivity contribution is 0.345. The number of guanidine groups is 1. The molecule has 0 amide bonds. The molecule has 2 aromatic rings. The van der Waals surface area contributed by atoms with Crippen LogP contribution >= 0.6 is 47.2 Å². The number of rotatable bonds is 7. The summed E-state index contributed by atoms with van der Waals surface area (Å²) in [4.78, 5) is 6.55. The van der Waals surface area contributed by atoms with Crippen molar-refractivity contribution in [1.82, 2.24) is 20.1 Å². The van der Waals surface area contributed by atoms with Gasteiger partial charge in [0.15, 0.2) is 5.96 Å². The molecule has 150 valence electrons. The third-order valence-electron chi connectivity index (χ3n) is 4.32. The van der Waals surface area contributed by atoms with E-state index in [4.69, 9.17) is 23.2 Å². The van der Waals surface area contributed by atoms with Crippen LogP contribution < -0.4 is 10.6 Å². The summed E-state index contributed by atoms with van der Waals surface area (Å²) in [6.07, 6.45) is 0. The van der Waals surface area contributed by atoms with E-state index in [1.165, 1.54) is 11.1 Å². The van der Waals surface area contributed by atoms with Crippen molar-refractivity contribution in [2.75, 3.05) is 20.6 Å². The number of benzene rings is 1. The summed E-state index contributed by atoms with van der Waals surface area (Å²) >= 11 is 12.2. The van der Waals surface area contributed by atoms with Gasteiger partial charge in [0.2, 0.25) is 0 Å². The second kappa shape index (κ2) is 11.8. The van der Waals surface area contributed by atoms with Crippen LogP contribution in [0.1, 0.15) is 23.7 Å². The molecule has 0 fully saturated rings. The summed E-state index contributed by atoms with van der Waals surface area (Å²) < 4.78 is 1.86. The van der Waals surface area contributed by atoms with E-state index in [1.54, 1.807) is 7.05 Å². The Morgan fingerprint density at radius 1 is 1.15 bits per heavy atom. The van der Waals surface area contributed by atoms with Crippen molar-refractivity contribution in [2.24, 2.45) is 12.0 Å². The fourth-order valence-electron chi connectivity index (χ4n) is 2.60. The van der Waals surface area contributed by atoms with Crippen LogP contribution in [0.5, 0.6) is 0 Å². The van der Waals surface area contributed by atoms with Crippen LogP contribution in [-0.2, 0) is 26.7 Å². The Morgan fingerprint density at radius 3 is 2.41 bits per heavy atom. The lowest BCUT2D eigenvalue weighted by Crippen LogP contribution is -2.36. The number of hydrogen-bond acceptors (Lipinski definition) is 2. The van der Waals surface area contributed by atoms with Gasteiger partial charge < -0.3 is 20.1 Å². The molecule has 8 heteroatoms. The van der Waals surface area contributed by atoms with Gasteiger partial charge in [-0.15, -0.1) is 24.0 Å². The van der Waals surface area contributed by atoms with Crippen LogP contribution in [0.4, 0.5) is 0 Å². The number of aliphatic imine (C=N–C) groups is 1. The summed E-state index contributed by atoms with van der Waals surface area (Å²) in [5, 5.41) is 7.73. The van der Waals surface area contributed by atoms with E-state index in [2.05, 4.69) is 58.8 Å². The summed E-state index contributed by atoms with van der Waals surface area (Å²) in [5.41, 5.74) is 3.53. The first kappa shape index (κ1) is 24.1. The van der Waals surface area contributed by atoms with Gasteiger partial charge in [-0.3, -0.25) is 4.99 Å². The van der Waals surface area contributed by atoms with E-state index in [-0.39, 0.29) is 24.0 Å². The maximum absolute atomic E-state index is 6.10. The molecule has 0 unspecified atom stereocenters. The molecule has 0 aliphatic heterocycles. The smallest absolute Gasteiger partial charge is 0.191 e. The zero-order valence-electron chi connectivity index (χ0n) is 16.2. The number of aromatic nitrogens is 1. The van der Waals surface area contributed by atoms with Gasteiger partial charge in [-0.05, 0) is 30.8 Å². The normalized spacial score (nSPS) is 11.4. The minimum atomic E-state index is 0. The molecule has 1 aromatic carbocycles. The first-order chi connectivity index (χ1) is 12.4. The summed E-state index contributed by atoms with van der Waals surface area (Å²) in [7, 11) is 5.77. The van der Waals surface area contributed by atoms with Gasteiger partial charge in [-0.1, -0.05) is 54.4 Å². The van der Waals surface area contributed by atoms with E-state index in [1.807, 2.05) is 17.7 Å². The van der Waals surface area contributed by atoms with Crippen molar-refractivity contribution in [3.8, 4) is 0 Å². The van der Waals surface area contributed by atoms with Crippen LogP contribution in [0.2, 0.25) is 10.2 Å². The molecule has 0 atom stereocenters. The van der Waals surface area contributed by atoms with Gasteiger partial charge in [0.05, 0.1) is 11.6 Å². The maximum atomic E-state index is 6.10. The molecule has 0 saturated heterocycles. The Bertz CT molecular complexity index is 761. The molecule has 0 radical (unpaired) electrons. The first-order valence-corrected chi connectivity index (χ1v) is 9.40. The molecule has 1 heterocycles. The molecule has 0 aliphatic carbocycles. The summed E-state index contributed by atoms with van der Waals surface area (Å²) in [5.74, 6) is 0.731. The molecule has 0 bridgehead atoms. The van der Waals surface area contributed by atoms with Gasteiger partial charge in [-0.25, -0.2) is 0 Å². The SMILES string of the molecule is CCN(C)Cc1cccc(CNC(=NC)NCc2cc(Cl)c(Cl)n2C)c1.I. The predicted octanol–water partition coefficient (Wildman–Crippen LogP) is 4.27. The summed E-state index contributed by atoms with van der Waals surface area (Å²) in [6.45, 7) is 5.44. The van der Waals surface area contributed by atoms with Crippen molar-refractivity contribution in [2.45, 2.75) is 26.6 Å². The third-order valence-corrected chi connectivity index (χ3v) is 5.16. The Labute approximate surface area is 189 Å². The molecule has 0 saturated carbocycles. The fraction of sp³-hybridized carbons (Fsp3) is 0.421. The van der Waals surface area contributed by atoms with Gasteiger partial charge in [-0.2, -0.15) is 0 Å². The monoisotopic (exact) mass is 523 g/mol. The van der Waals surface area contributed by atoms with E-state index in [0.717, 1.165) is 24.7 Å². The van der Waals surface area contributed by atoms with Crippen molar-refractivity contribution in [3.63, 3.8) is 0 Å². The molecule has 1 aromatic heterocycles. The van der Waals surface area contributed by atoms with Gasteiger partial charge >= 0.3 is 0 Å². The number of nitrogens with one attached hydrogen (secondary N) is 2. The summed E-state index contributed by atoms with van der Waals surface area (Å²) in [6, 6.07) is 10.5. The molecule has 2 N–H and O–H groups in total. The molecule has 2 rings (SSSR count). The minimum absolute atomic E-state index is 0. The van der Waals surface area contributed by atoms with Crippen molar-refractivity contribution in [3.05, 3.63) is 57.3 Å². The second-order valence-electron chi connectivity index (χ2n) is 6.26. The first-order valence-electron chi connectivity index (χ1n) is 8.65. The van der Waals surface area contributed by atoms with Gasteiger partial charge in [0, 0.05) is 32.9 Å². The molecule has 5 nitrogen and oxygen atoms in total. The highest BCUT2D eigenvalue weighted by molar-refractivity contribution is 14.0. The average Bonchev–Trinajstić information content (AvgIpc) is 2.89. The van der Waals surface area contributed by atoms with E-state index >= 15 is 0 Å². The topological polar surface area (TPSA) is 44.6 Å². The van der Waals surface area contributed by atoms with Gasteiger partial charge in [0.25, 0.3) is 0 Å². The zero-order chi connectivity index (χ0) is 19.1. The largest absolute Gasteiger partial charge is 0.352 e. The third kappa shape index (κ3) is 7.18. The van der Waals surface area contributed by atoms with Crippen molar-refractivity contribution in [1.29, 1.82) is 0 Å². The van der Waals surface area contributed by atoms with E-state index in [0.29, 0.717) is 23.3 Å². The fourth-order valence-corrected chi connectivity index (χ4v) is 3.02. The quantitative estimate of drug-likeness (QED) is 0.323. The molecule has 27 heavy (non-hydrogen) atoms. The van der Waals surface area contributed by atoms with Crippen molar-refractivity contribution >= 4 is 53.1 Å². The average molecular weight is 524 g/mol. The molecular formula is C19H28Cl2IN5. The van der Waals surface area contributed by atoms with Crippen LogP contribution in [-0.4, -0.2) is 36.1 Å². The highest BCUT2D eigenvalue weighted by Gasteiger charge is 2.09. The maximum Gasteiger partial charge on any atom is 0.191 e. The highest BCUT2D eigenvalue weighted by Crippen LogP contribution is 2.24. The Kier molecular flexibility index (Phi) is 10.5. The zero-order valence-corrected chi connectivity index (χ0v) is 20.1. The number of halogens is 3. The van der Waals surface area contributed by atoms with Crippen molar-refractivity contribution < 1.29 is 0 Å². The number of hydrogen-bond donors (Lipinski definition) is 2. The lowest BCUT2D eigenvalue weighted by atomic mass is 10.1. The van der Waals surface area contributed by atoms with Crippen LogP contribution in [0.15, 0.2) is 35.3 Å². The standard InChI is InChI=1S/C19H27Cl2N5.HI/c1-5-25(3)13-15-8-6-7-14(9-15)11-23-19(22-2)24-12-16-10-17(20)18(21)26(16)4;/h6-10H,5,11-13H2,1-4H3,(H2,22,23,24);1H. The molecule has 0 aliphatic rings. The van der Waals surface area contributed by atoms with Crippen LogP contribution in [0.3, 0.4) is 0 Å². The Balaban J connectivity index is 0.00000364. The molecule has 0 spiro atoms. The minimum Gasteiger partial charge on any atom is -0.352 e. The lowest BCUT2D eigenvalue weighted by Gasteiger charge is -2.15.